The Hall–Kier alpha value is -5.87. The first-order valence-corrected chi connectivity index (χ1v) is 19.3. The van der Waals surface area contributed by atoms with Gasteiger partial charge >= 0.3 is 0 Å². The van der Waals surface area contributed by atoms with Crippen molar-refractivity contribution in [2.45, 2.75) is 45.4 Å². The molecule has 4 nitrogen and oxygen atoms in total. The number of fused-ring (bicyclic) bond motifs is 17. The Morgan fingerprint density at radius 3 is 2.05 bits per heavy atom. The molecule has 1 aliphatic carbocycles. The molecular weight excluding hydrogens is 861 g/mol. The smallest absolute Gasteiger partial charge is 0.102 e. The Balaban J connectivity index is 0.00000363. The van der Waals surface area contributed by atoms with Gasteiger partial charge in [0.05, 0.1) is 38.8 Å². The SMILES string of the molecule is Cc1cc2nc3c4[c-]ccc(-c5ccc6c(c5)-n5c7ccccc7c7cccc(c75)C65c6ccccc6-c6ccccc65)c4nc(C(C)(C)C)n3c2cc1C.[Ir]. The van der Waals surface area contributed by atoms with Gasteiger partial charge in [-0.1, -0.05) is 129 Å². The third-order valence-electron chi connectivity index (χ3n) is 12.6. The van der Waals surface area contributed by atoms with Gasteiger partial charge < -0.3 is 8.97 Å². The van der Waals surface area contributed by atoms with E-state index in [2.05, 4.69) is 183 Å². The van der Waals surface area contributed by atoms with Crippen molar-refractivity contribution in [3.63, 3.8) is 0 Å². The van der Waals surface area contributed by atoms with E-state index >= 15 is 0 Å². The summed E-state index contributed by atoms with van der Waals surface area (Å²) in [6, 6.07) is 53.3. The fraction of sp³-hybridized carbons (Fsp3) is 0.137. The molecule has 1 spiro atoms. The van der Waals surface area contributed by atoms with Crippen LogP contribution in [-0.2, 0) is 30.9 Å². The van der Waals surface area contributed by atoms with Crippen LogP contribution >= 0.6 is 0 Å². The van der Waals surface area contributed by atoms with Crippen LogP contribution in [-0.4, -0.2) is 18.9 Å². The summed E-state index contributed by atoms with van der Waals surface area (Å²) in [4.78, 5) is 10.8. The third-order valence-corrected chi connectivity index (χ3v) is 12.6. The summed E-state index contributed by atoms with van der Waals surface area (Å²) in [6.07, 6.45) is 0. The van der Waals surface area contributed by atoms with Crippen molar-refractivity contribution in [3.8, 4) is 27.9 Å². The minimum Gasteiger partial charge on any atom is -0.321 e. The zero-order valence-electron chi connectivity index (χ0n) is 31.8. The molecule has 271 valence electrons. The Kier molecular flexibility index (Phi) is 6.78. The minimum absolute atomic E-state index is 0. The number of aromatic nitrogens is 4. The quantitative estimate of drug-likeness (QED) is 0.154. The monoisotopic (exact) mass is 898 g/mol. The van der Waals surface area contributed by atoms with Crippen LogP contribution in [0.4, 0.5) is 0 Å². The molecule has 1 aliphatic heterocycles. The first-order chi connectivity index (χ1) is 26.7. The van der Waals surface area contributed by atoms with Crippen LogP contribution in [0.15, 0.2) is 133 Å². The number of aryl methyl sites for hydroxylation is 2. The standard InChI is InChI=1S/C51H37N4.Ir/c1-29-26-42-45(27-30(29)2)55-48(52-42)37-19-12-17-32(46(37)53-49(55)50(3,4)5)31-24-25-40-44(28-31)54-43-23-11-8-16-35(43)36-18-13-22-41(47(36)54)51(40)38-20-9-6-14-33(38)34-15-7-10-21-39(34)51;/h6-18,20-28H,1-5H3;/q-1;. The van der Waals surface area contributed by atoms with Gasteiger partial charge in [0.1, 0.15) is 5.82 Å². The van der Waals surface area contributed by atoms with Crippen molar-refractivity contribution < 1.29 is 20.1 Å². The number of rotatable bonds is 1. The minimum atomic E-state index is -0.479. The van der Waals surface area contributed by atoms with Gasteiger partial charge in [-0.25, -0.2) is 0 Å². The van der Waals surface area contributed by atoms with Gasteiger partial charge in [0.25, 0.3) is 0 Å². The number of imidazole rings is 1. The molecule has 3 aromatic heterocycles. The molecule has 12 rings (SSSR count). The summed E-state index contributed by atoms with van der Waals surface area (Å²) in [7, 11) is 0. The fourth-order valence-electron chi connectivity index (χ4n) is 10.1. The number of para-hydroxylation sites is 2. The third kappa shape index (κ3) is 4.07. The van der Waals surface area contributed by atoms with Gasteiger partial charge in [-0.15, -0.1) is 18.2 Å². The second kappa shape index (κ2) is 11.4. The maximum atomic E-state index is 5.57. The summed E-state index contributed by atoms with van der Waals surface area (Å²) in [5.74, 6) is 0.990. The summed E-state index contributed by atoms with van der Waals surface area (Å²) < 4.78 is 4.80. The van der Waals surface area contributed by atoms with Crippen LogP contribution in [0.3, 0.4) is 0 Å². The van der Waals surface area contributed by atoms with Crippen molar-refractivity contribution >= 4 is 49.4 Å². The first-order valence-electron chi connectivity index (χ1n) is 19.3. The van der Waals surface area contributed by atoms with E-state index in [0.29, 0.717) is 0 Å². The van der Waals surface area contributed by atoms with Crippen LogP contribution in [0.2, 0.25) is 0 Å². The summed E-state index contributed by atoms with van der Waals surface area (Å²) >= 11 is 0. The van der Waals surface area contributed by atoms with E-state index in [1.807, 2.05) is 0 Å². The second-order valence-corrected chi connectivity index (χ2v) is 16.6. The van der Waals surface area contributed by atoms with Crippen molar-refractivity contribution in [1.82, 2.24) is 18.9 Å². The van der Waals surface area contributed by atoms with E-state index in [0.717, 1.165) is 44.5 Å². The van der Waals surface area contributed by atoms with Gasteiger partial charge in [-0.3, -0.25) is 9.97 Å². The first kappa shape index (κ1) is 33.5. The van der Waals surface area contributed by atoms with Gasteiger partial charge in [0.2, 0.25) is 0 Å². The predicted molar refractivity (Wildman–Crippen MR) is 226 cm³/mol. The molecule has 2 aliphatic rings. The van der Waals surface area contributed by atoms with Crippen molar-refractivity contribution in [2.75, 3.05) is 0 Å². The van der Waals surface area contributed by atoms with Gasteiger partial charge in [-0.05, 0) is 93.7 Å². The maximum Gasteiger partial charge on any atom is 0.102 e. The molecule has 56 heavy (non-hydrogen) atoms. The van der Waals surface area contributed by atoms with E-state index in [-0.39, 0.29) is 25.5 Å². The summed E-state index contributed by atoms with van der Waals surface area (Å²) in [5.41, 5.74) is 19.5. The van der Waals surface area contributed by atoms with Crippen LogP contribution in [0.5, 0.6) is 0 Å². The normalized spacial score (nSPS) is 13.8. The van der Waals surface area contributed by atoms with Crippen molar-refractivity contribution in [3.05, 3.63) is 179 Å². The molecule has 0 N–H and O–H groups in total. The summed E-state index contributed by atoms with van der Waals surface area (Å²) in [5, 5.41) is 3.48. The van der Waals surface area contributed by atoms with Crippen LogP contribution in [0, 0.1) is 19.9 Å². The van der Waals surface area contributed by atoms with Crippen LogP contribution < -0.4 is 0 Å². The zero-order valence-corrected chi connectivity index (χ0v) is 34.2. The van der Waals surface area contributed by atoms with Gasteiger partial charge in [0, 0.05) is 36.3 Å². The molecule has 0 amide bonds. The Bertz CT molecular complexity index is 3290. The van der Waals surface area contributed by atoms with E-state index in [1.165, 1.54) is 72.0 Å². The van der Waals surface area contributed by atoms with Crippen molar-refractivity contribution in [1.29, 1.82) is 0 Å². The topological polar surface area (TPSA) is 35.1 Å². The predicted octanol–water partition coefficient (Wildman–Crippen LogP) is 12.2. The molecule has 1 radical (unpaired) electrons. The number of benzene rings is 7. The van der Waals surface area contributed by atoms with E-state index in [9.17, 15) is 0 Å². The molecule has 0 atom stereocenters. The van der Waals surface area contributed by atoms with Crippen LogP contribution in [0.1, 0.15) is 60.0 Å². The van der Waals surface area contributed by atoms with Gasteiger partial charge in [0.15, 0.2) is 0 Å². The Morgan fingerprint density at radius 2 is 1.29 bits per heavy atom. The zero-order chi connectivity index (χ0) is 37.0. The van der Waals surface area contributed by atoms with E-state index in [1.54, 1.807) is 0 Å². The Morgan fingerprint density at radius 1 is 0.607 bits per heavy atom. The molecule has 0 saturated carbocycles. The van der Waals surface area contributed by atoms with Crippen molar-refractivity contribution in [2.24, 2.45) is 0 Å². The average Bonchev–Trinajstić information content (AvgIpc) is 3.83. The molecule has 10 aromatic rings. The molecular formula is C51H37IrN4-. The molecule has 0 unspecified atom stereocenters. The summed E-state index contributed by atoms with van der Waals surface area (Å²) in [6.45, 7) is 11.1. The fourth-order valence-corrected chi connectivity index (χ4v) is 10.1. The van der Waals surface area contributed by atoms with Crippen LogP contribution in [0.25, 0.3) is 77.3 Å². The maximum absolute atomic E-state index is 5.57. The van der Waals surface area contributed by atoms with E-state index in [4.69, 9.17) is 9.97 Å². The Labute approximate surface area is 338 Å². The molecule has 0 bridgehead atoms. The number of hydrogen-bond acceptors (Lipinski definition) is 2. The molecule has 4 heterocycles. The van der Waals surface area contributed by atoms with Gasteiger partial charge in [-0.2, -0.15) is 0 Å². The molecule has 0 saturated heterocycles. The average molecular weight is 898 g/mol. The van der Waals surface area contributed by atoms with E-state index < -0.39 is 5.41 Å². The largest absolute Gasteiger partial charge is 0.321 e. The molecule has 7 aromatic carbocycles. The second-order valence-electron chi connectivity index (χ2n) is 16.6. The number of hydrogen-bond donors (Lipinski definition) is 0. The number of nitrogens with zero attached hydrogens (tertiary/aromatic N) is 4. The molecule has 0 fully saturated rings. The molecule has 5 heteroatoms.